The lowest BCUT2D eigenvalue weighted by Gasteiger charge is -2.15. The number of rotatable bonds is 2. The predicted molar refractivity (Wildman–Crippen MR) is 71.3 cm³/mol. The van der Waals surface area contributed by atoms with Crippen molar-refractivity contribution in [2.24, 2.45) is 5.92 Å². The summed E-state index contributed by atoms with van der Waals surface area (Å²) in [5.41, 5.74) is 0.677. The predicted octanol–water partition coefficient (Wildman–Crippen LogP) is 4.31. The molecule has 1 aromatic rings. The SMILES string of the molecule is Cc1ccc(O[C@@H]2CC[C@H](C)C2)c(I)c1F. The van der Waals surface area contributed by atoms with Gasteiger partial charge < -0.3 is 4.74 Å². The van der Waals surface area contributed by atoms with E-state index < -0.39 is 0 Å². The van der Waals surface area contributed by atoms with Crippen molar-refractivity contribution in [2.45, 2.75) is 39.2 Å². The lowest BCUT2D eigenvalue weighted by atomic mass is 10.1. The third-order valence-electron chi connectivity index (χ3n) is 3.18. The molecule has 0 radical (unpaired) electrons. The Morgan fingerprint density at radius 2 is 2.12 bits per heavy atom. The minimum atomic E-state index is -0.149. The van der Waals surface area contributed by atoms with E-state index >= 15 is 0 Å². The largest absolute Gasteiger partial charge is 0.489 e. The molecule has 2 rings (SSSR count). The summed E-state index contributed by atoms with van der Waals surface area (Å²) >= 11 is 2.02. The fraction of sp³-hybridized carbons (Fsp3) is 0.538. The minimum Gasteiger partial charge on any atom is -0.489 e. The van der Waals surface area contributed by atoms with E-state index in [1.807, 2.05) is 28.7 Å². The molecule has 88 valence electrons. The summed E-state index contributed by atoms with van der Waals surface area (Å²) in [5.74, 6) is 1.28. The van der Waals surface area contributed by atoms with Crippen LogP contribution in [-0.2, 0) is 0 Å². The van der Waals surface area contributed by atoms with Crippen molar-refractivity contribution in [3.63, 3.8) is 0 Å². The van der Waals surface area contributed by atoms with Gasteiger partial charge in [0.15, 0.2) is 0 Å². The van der Waals surface area contributed by atoms with Crippen molar-refractivity contribution in [3.8, 4) is 5.75 Å². The Bertz CT molecular complexity index is 392. The van der Waals surface area contributed by atoms with Crippen LogP contribution < -0.4 is 4.74 Å². The van der Waals surface area contributed by atoms with Gasteiger partial charge in [-0.2, -0.15) is 0 Å². The maximum atomic E-state index is 13.7. The summed E-state index contributed by atoms with van der Waals surface area (Å²) in [6.45, 7) is 4.02. The van der Waals surface area contributed by atoms with Gasteiger partial charge in [-0.05, 0) is 66.3 Å². The Hall–Kier alpha value is -0.320. The fourth-order valence-corrected chi connectivity index (χ4v) is 2.89. The van der Waals surface area contributed by atoms with Crippen LogP contribution in [0.15, 0.2) is 12.1 Å². The number of halogens is 2. The molecule has 0 heterocycles. The van der Waals surface area contributed by atoms with Gasteiger partial charge in [-0.3, -0.25) is 0 Å². The smallest absolute Gasteiger partial charge is 0.143 e. The van der Waals surface area contributed by atoms with Crippen molar-refractivity contribution in [3.05, 3.63) is 27.1 Å². The molecular weight excluding hydrogens is 318 g/mol. The summed E-state index contributed by atoms with van der Waals surface area (Å²) in [6, 6.07) is 3.66. The van der Waals surface area contributed by atoms with Crippen LogP contribution in [0, 0.1) is 22.2 Å². The molecule has 0 amide bonds. The van der Waals surface area contributed by atoms with Gasteiger partial charge in [-0.25, -0.2) is 4.39 Å². The summed E-state index contributed by atoms with van der Waals surface area (Å²) in [5, 5.41) is 0. The summed E-state index contributed by atoms with van der Waals surface area (Å²) in [6.07, 6.45) is 3.67. The molecule has 1 fully saturated rings. The molecule has 2 atom stereocenters. The number of hydrogen-bond acceptors (Lipinski definition) is 1. The highest BCUT2D eigenvalue weighted by Crippen LogP contribution is 2.32. The first-order valence-corrected chi connectivity index (χ1v) is 6.77. The number of ether oxygens (including phenoxy) is 1. The first-order chi connectivity index (χ1) is 7.58. The quantitative estimate of drug-likeness (QED) is 0.733. The van der Waals surface area contributed by atoms with Crippen molar-refractivity contribution in [1.29, 1.82) is 0 Å². The standard InChI is InChI=1S/C13H16FIO/c1-8-3-5-10(7-8)16-11-6-4-9(2)12(14)13(11)15/h4,6,8,10H,3,5,7H2,1-2H3/t8-,10+/m0/s1. The van der Waals surface area contributed by atoms with Crippen LogP contribution in [-0.4, -0.2) is 6.10 Å². The zero-order valence-electron chi connectivity index (χ0n) is 9.59. The van der Waals surface area contributed by atoms with E-state index in [1.165, 1.54) is 6.42 Å². The molecule has 0 N–H and O–H groups in total. The lowest BCUT2D eigenvalue weighted by molar-refractivity contribution is 0.203. The number of aryl methyl sites for hydroxylation is 1. The Kier molecular flexibility index (Phi) is 3.72. The van der Waals surface area contributed by atoms with E-state index in [2.05, 4.69) is 6.92 Å². The van der Waals surface area contributed by atoms with Crippen LogP contribution in [0.4, 0.5) is 4.39 Å². The van der Waals surface area contributed by atoms with Gasteiger partial charge in [-0.15, -0.1) is 0 Å². The number of hydrogen-bond donors (Lipinski definition) is 0. The van der Waals surface area contributed by atoms with Crippen LogP contribution >= 0.6 is 22.6 Å². The van der Waals surface area contributed by atoms with Crippen molar-refractivity contribution in [2.75, 3.05) is 0 Å². The third kappa shape index (κ3) is 2.50. The number of benzene rings is 1. The topological polar surface area (TPSA) is 9.23 Å². The van der Waals surface area contributed by atoms with E-state index in [4.69, 9.17) is 4.74 Å². The highest BCUT2D eigenvalue weighted by Gasteiger charge is 2.23. The van der Waals surface area contributed by atoms with E-state index in [0.717, 1.165) is 18.8 Å². The van der Waals surface area contributed by atoms with Crippen LogP contribution in [0.25, 0.3) is 0 Å². The van der Waals surface area contributed by atoms with Gasteiger partial charge in [0.2, 0.25) is 0 Å². The van der Waals surface area contributed by atoms with Crippen molar-refractivity contribution < 1.29 is 9.13 Å². The van der Waals surface area contributed by atoms with Crippen LogP contribution in [0.5, 0.6) is 5.75 Å². The van der Waals surface area contributed by atoms with Crippen molar-refractivity contribution >= 4 is 22.6 Å². The molecule has 1 aliphatic rings. The molecule has 1 saturated carbocycles. The minimum absolute atomic E-state index is 0.149. The molecule has 0 aliphatic heterocycles. The summed E-state index contributed by atoms with van der Waals surface area (Å²) < 4.78 is 20.1. The Balaban J connectivity index is 2.13. The maximum absolute atomic E-state index is 13.7. The summed E-state index contributed by atoms with van der Waals surface area (Å²) in [7, 11) is 0. The van der Waals surface area contributed by atoms with Crippen LogP contribution in [0.3, 0.4) is 0 Å². The molecule has 1 aromatic carbocycles. The molecule has 0 aromatic heterocycles. The molecule has 16 heavy (non-hydrogen) atoms. The van der Waals surface area contributed by atoms with E-state index in [0.29, 0.717) is 14.9 Å². The molecular formula is C13H16FIO. The molecule has 1 aliphatic carbocycles. The highest BCUT2D eigenvalue weighted by molar-refractivity contribution is 14.1. The fourth-order valence-electron chi connectivity index (χ4n) is 2.16. The Morgan fingerprint density at radius 1 is 1.38 bits per heavy atom. The average molecular weight is 334 g/mol. The maximum Gasteiger partial charge on any atom is 0.143 e. The molecule has 0 saturated heterocycles. The van der Waals surface area contributed by atoms with Crippen molar-refractivity contribution in [1.82, 2.24) is 0 Å². The molecule has 0 spiro atoms. The second-order valence-corrected chi connectivity index (χ2v) is 5.75. The zero-order valence-corrected chi connectivity index (χ0v) is 11.8. The molecule has 0 unspecified atom stereocenters. The normalized spacial score (nSPS) is 24.8. The van der Waals surface area contributed by atoms with Gasteiger partial charge in [0.05, 0.1) is 9.67 Å². The van der Waals surface area contributed by atoms with E-state index in [-0.39, 0.29) is 11.9 Å². The van der Waals surface area contributed by atoms with Crippen LogP contribution in [0.1, 0.15) is 31.7 Å². The first-order valence-electron chi connectivity index (χ1n) is 5.69. The monoisotopic (exact) mass is 334 g/mol. The van der Waals surface area contributed by atoms with E-state index in [9.17, 15) is 4.39 Å². The van der Waals surface area contributed by atoms with Gasteiger partial charge in [0.1, 0.15) is 11.6 Å². The molecule has 1 nitrogen and oxygen atoms in total. The highest BCUT2D eigenvalue weighted by atomic mass is 127. The van der Waals surface area contributed by atoms with Gasteiger partial charge in [-0.1, -0.05) is 13.0 Å². The zero-order chi connectivity index (χ0) is 11.7. The Morgan fingerprint density at radius 3 is 2.75 bits per heavy atom. The molecule has 3 heteroatoms. The average Bonchev–Trinajstić information content (AvgIpc) is 2.65. The molecule has 0 bridgehead atoms. The third-order valence-corrected chi connectivity index (χ3v) is 4.19. The van der Waals surface area contributed by atoms with Crippen LogP contribution in [0.2, 0.25) is 0 Å². The van der Waals surface area contributed by atoms with E-state index in [1.54, 1.807) is 13.0 Å². The second-order valence-electron chi connectivity index (χ2n) is 4.67. The van der Waals surface area contributed by atoms with Gasteiger partial charge in [0.25, 0.3) is 0 Å². The second kappa shape index (κ2) is 4.90. The van der Waals surface area contributed by atoms with Gasteiger partial charge >= 0.3 is 0 Å². The Labute approximate surface area is 110 Å². The van der Waals surface area contributed by atoms with Gasteiger partial charge in [0, 0.05) is 0 Å². The summed E-state index contributed by atoms with van der Waals surface area (Å²) in [4.78, 5) is 0. The lowest BCUT2D eigenvalue weighted by Crippen LogP contribution is -2.13. The first kappa shape index (κ1) is 12.1.